The zero-order valence-corrected chi connectivity index (χ0v) is 11.6. The van der Waals surface area contributed by atoms with Crippen molar-refractivity contribution in [2.45, 2.75) is 51.4 Å². The van der Waals surface area contributed by atoms with Crippen LogP contribution in [0, 0.1) is 11.8 Å². The van der Waals surface area contributed by atoms with E-state index in [1.807, 2.05) is 0 Å². The lowest BCUT2D eigenvalue weighted by atomic mass is 9.76. The zero-order chi connectivity index (χ0) is 12.8. The molecule has 0 saturated heterocycles. The minimum absolute atomic E-state index is 0.564. The molecule has 0 aliphatic heterocycles. The average molecular weight is 245 g/mol. The van der Waals surface area contributed by atoms with E-state index in [-0.39, 0.29) is 0 Å². The zero-order valence-electron chi connectivity index (χ0n) is 11.6. The Morgan fingerprint density at radius 2 is 1.67 bits per heavy atom. The first-order valence-electron chi connectivity index (χ1n) is 7.58. The maximum absolute atomic E-state index is 5.98. The van der Waals surface area contributed by atoms with Crippen LogP contribution in [0.1, 0.15) is 56.9 Å². The molecule has 1 saturated carbocycles. The van der Waals surface area contributed by atoms with Gasteiger partial charge in [-0.05, 0) is 36.3 Å². The third kappa shape index (κ3) is 3.58. The highest BCUT2D eigenvalue weighted by molar-refractivity contribution is 5.19. The van der Waals surface area contributed by atoms with Crippen LogP contribution in [-0.4, -0.2) is 6.54 Å². The van der Waals surface area contributed by atoms with E-state index in [9.17, 15) is 0 Å². The summed E-state index contributed by atoms with van der Waals surface area (Å²) in [4.78, 5) is 0. The highest BCUT2D eigenvalue weighted by Gasteiger charge is 2.23. The van der Waals surface area contributed by atoms with Crippen LogP contribution in [0.4, 0.5) is 0 Å². The van der Waals surface area contributed by atoms with Crippen molar-refractivity contribution >= 4 is 0 Å². The Labute approximate surface area is 112 Å². The van der Waals surface area contributed by atoms with Crippen molar-refractivity contribution in [1.29, 1.82) is 0 Å². The molecule has 18 heavy (non-hydrogen) atoms. The first-order chi connectivity index (χ1) is 8.83. The van der Waals surface area contributed by atoms with Gasteiger partial charge in [0.05, 0.1) is 0 Å². The van der Waals surface area contributed by atoms with Crippen molar-refractivity contribution in [1.82, 2.24) is 0 Å². The Balaban J connectivity index is 1.88. The van der Waals surface area contributed by atoms with E-state index in [0.29, 0.717) is 5.92 Å². The number of rotatable bonds is 5. The highest BCUT2D eigenvalue weighted by Crippen LogP contribution is 2.36. The molecular weight excluding hydrogens is 218 g/mol. The molecule has 1 fully saturated rings. The predicted octanol–water partition coefficient (Wildman–Crippen LogP) is 4.34. The summed E-state index contributed by atoms with van der Waals surface area (Å²) in [5.74, 6) is 2.46. The van der Waals surface area contributed by atoms with Gasteiger partial charge in [0.1, 0.15) is 0 Å². The quantitative estimate of drug-likeness (QED) is 0.820. The molecule has 1 atom stereocenters. The molecule has 1 aliphatic carbocycles. The molecule has 1 aromatic rings. The number of hydrogen-bond donors (Lipinski definition) is 1. The van der Waals surface area contributed by atoms with Crippen LogP contribution in [0.25, 0.3) is 0 Å². The van der Waals surface area contributed by atoms with Crippen molar-refractivity contribution in [3.05, 3.63) is 35.9 Å². The maximum Gasteiger partial charge on any atom is -0.000813 e. The molecule has 0 amide bonds. The molecule has 0 spiro atoms. The van der Waals surface area contributed by atoms with Crippen LogP contribution < -0.4 is 5.73 Å². The third-order valence-electron chi connectivity index (χ3n) is 4.72. The van der Waals surface area contributed by atoms with Crippen molar-refractivity contribution in [2.24, 2.45) is 17.6 Å². The van der Waals surface area contributed by atoms with E-state index in [0.717, 1.165) is 18.4 Å². The van der Waals surface area contributed by atoms with Gasteiger partial charge in [-0.25, -0.2) is 0 Å². The van der Waals surface area contributed by atoms with Crippen LogP contribution in [0.2, 0.25) is 0 Å². The predicted molar refractivity (Wildman–Crippen MR) is 78.6 cm³/mol. The Morgan fingerprint density at radius 1 is 1.06 bits per heavy atom. The van der Waals surface area contributed by atoms with Crippen LogP contribution >= 0.6 is 0 Å². The molecule has 0 bridgehead atoms. The first kappa shape index (κ1) is 13.6. The Morgan fingerprint density at radius 3 is 2.22 bits per heavy atom. The summed E-state index contributed by atoms with van der Waals surface area (Å²) in [6, 6.07) is 10.8. The molecule has 1 nitrogen and oxygen atoms in total. The first-order valence-corrected chi connectivity index (χ1v) is 7.58. The Kier molecular flexibility index (Phi) is 5.25. The summed E-state index contributed by atoms with van der Waals surface area (Å²) in [5.41, 5.74) is 7.40. The van der Waals surface area contributed by atoms with Gasteiger partial charge in [0.15, 0.2) is 0 Å². The second kappa shape index (κ2) is 6.94. The lowest BCUT2D eigenvalue weighted by Gasteiger charge is -2.30. The van der Waals surface area contributed by atoms with E-state index in [4.69, 9.17) is 5.73 Å². The van der Waals surface area contributed by atoms with Crippen LogP contribution in [-0.2, 0) is 0 Å². The monoisotopic (exact) mass is 245 g/mol. The van der Waals surface area contributed by atoms with Crippen LogP contribution in [0.5, 0.6) is 0 Å². The van der Waals surface area contributed by atoms with Gasteiger partial charge in [-0.15, -0.1) is 0 Å². The Hall–Kier alpha value is -0.820. The summed E-state index contributed by atoms with van der Waals surface area (Å²) >= 11 is 0. The fraction of sp³-hybridized carbons (Fsp3) is 0.647. The van der Waals surface area contributed by atoms with E-state index < -0.39 is 0 Å². The SMILES string of the molecule is CCC1CCC(CC(CN)c2ccccc2)CC1. The second-order valence-electron chi connectivity index (χ2n) is 5.87. The molecule has 0 heterocycles. The van der Waals surface area contributed by atoms with Gasteiger partial charge in [0, 0.05) is 0 Å². The number of nitrogens with two attached hydrogens (primary N) is 1. The van der Waals surface area contributed by atoms with E-state index in [1.165, 1.54) is 44.1 Å². The topological polar surface area (TPSA) is 26.0 Å². The van der Waals surface area contributed by atoms with Crippen molar-refractivity contribution in [3.63, 3.8) is 0 Å². The summed E-state index contributed by atoms with van der Waals surface area (Å²) in [6.45, 7) is 3.12. The van der Waals surface area contributed by atoms with Gasteiger partial charge in [0.2, 0.25) is 0 Å². The molecule has 1 aromatic carbocycles. The van der Waals surface area contributed by atoms with Gasteiger partial charge in [0.25, 0.3) is 0 Å². The molecular formula is C17H27N. The molecule has 2 N–H and O–H groups in total. The molecule has 100 valence electrons. The van der Waals surface area contributed by atoms with Crippen LogP contribution in [0.3, 0.4) is 0 Å². The lowest BCUT2D eigenvalue weighted by molar-refractivity contribution is 0.248. The second-order valence-corrected chi connectivity index (χ2v) is 5.87. The third-order valence-corrected chi connectivity index (χ3v) is 4.72. The van der Waals surface area contributed by atoms with Gasteiger partial charge >= 0.3 is 0 Å². The minimum Gasteiger partial charge on any atom is -0.330 e. The standard InChI is InChI=1S/C17H27N/c1-2-14-8-10-15(11-9-14)12-17(13-18)16-6-4-3-5-7-16/h3-7,14-15,17H,2,8-13,18H2,1H3. The smallest absolute Gasteiger partial charge is 0.000813 e. The summed E-state index contributed by atoms with van der Waals surface area (Å²) in [5, 5.41) is 0. The summed E-state index contributed by atoms with van der Waals surface area (Å²) < 4.78 is 0. The van der Waals surface area contributed by atoms with Gasteiger partial charge in [-0.3, -0.25) is 0 Å². The molecule has 0 radical (unpaired) electrons. The van der Waals surface area contributed by atoms with E-state index >= 15 is 0 Å². The van der Waals surface area contributed by atoms with E-state index in [1.54, 1.807) is 0 Å². The van der Waals surface area contributed by atoms with Gasteiger partial charge in [-0.1, -0.05) is 69.4 Å². The minimum atomic E-state index is 0.564. The maximum atomic E-state index is 5.98. The molecule has 1 aliphatic rings. The molecule has 1 heteroatoms. The fourth-order valence-corrected chi connectivity index (χ4v) is 3.37. The van der Waals surface area contributed by atoms with Crippen LogP contribution in [0.15, 0.2) is 30.3 Å². The normalized spacial score (nSPS) is 25.9. The van der Waals surface area contributed by atoms with Crippen molar-refractivity contribution in [3.8, 4) is 0 Å². The lowest BCUT2D eigenvalue weighted by Crippen LogP contribution is -2.20. The molecule has 2 rings (SSSR count). The van der Waals surface area contributed by atoms with E-state index in [2.05, 4.69) is 37.3 Å². The van der Waals surface area contributed by atoms with Crippen molar-refractivity contribution < 1.29 is 0 Å². The Bertz CT molecular complexity index is 325. The number of hydrogen-bond acceptors (Lipinski definition) is 1. The average Bonchev–Trinajstić information content (AvgIpc) is 2.46. The highest BCUT2D eigenvalue weighted by atomic mass is 14.5. The van der Waals surface area contributed by atoms with Gasteiger partial charge in [-0.2, -0.15) is 0 Å². The fourth-order valence-electron chi connectivity index (χ4n) is 3.37. The van der Waals surface area contributed by atoms with Crippen molar-refractivity contribution in [2.75, 3.05) is 6.54 Å². The summed E-state index contributed by atoms with van der Waals surface area (Å²) in [6.07, 6.45) is 8.37. The summed E-state index contributed by atoms with van der Waals surface area (Å²) in [7, 11) is 0. The van der Waals surface area contributed by atoms with Gasteiger partial charge < -0.3 is 5.73 Å². The largest absolute Gasteiger partial charge is 0.330 e. The molecule has 1 unspecified atom stereocenters. The number of benzene rings is 1. The molecule has 0 aromatic heterocycles.